The molecule has 3 heterocycles. The number of halogens is 1. The number of anilines is 1. The van der Waals surface area contributed by atoms with Crippen LogP contribution in [0.25, 0.3) is 16.9 Å². The van der Waals surface area contributed by atoms with Gasteiger partial charge >= 0.3 is 6.09 Å². The number of hydrogen-bond acceptors (Lipinski definition) is 8. The number of alkyl carbamates (subject to hydrolysis) is 1. The van der Waals surface area contributed by atoms with Gasteiger partial charge in [-0.25, -0.2) is 13.7 Å². The van der Waals surface area contributed by atoms with E-state index in [0.29, 0.717) is 29.2 Å². The van der Waals surface area contributed by atoms with E-state index in [1.807, 2.05) is 12.1 Å². The number of fused-ring (bicyclic) bond motifs is 1. The van der Waals surface area contributed by atoms with Crippen LogP contribution in [0.15, 0.2) is 36.7 Å². The molecule has 1 aliphatic rings. The van der Waals surface area contributed by atoms with Crippen molar-refractivity contribution in [3.63, 3.8) is 0 Å². The van der Waals surface area contributed by atoms with Crippen molar-refractivity contribution in [1.82, 2.24) is 25.2 Å². The van der Waals surface area contributed by atoms with Crippen molar-refractivity contribution < 1.29 is 23.8 Å². The standard InChI is InChI=1S/C28H34FN7O4/c1-16(2)40-27(38)33-12-17-7-19(8-17)35-22-10-23(24-6-5-20-9-18(11-30)13-34-36(20)24)31-14-21(22)26(37)32-15-25(29)28(3,4)39/h5-6,9-10,13-14,16-17,19,25,39H,7-8,12,15H2,1-4H3,(H,31,35)(H,32,37)(H,33,38)/t17-,19-,25-/m1/s1. The maximum atomic E-state index is 14.3. The number of carbonyl (C=O) groups excluding carboxylic acids is 2. The first kappa shape index (κ1) is 28.8. The van der Waals surface area contributed by atoms with Gasteiger partial charge in [-0.1, -0.05) is 0 Å². The second kappa shape index (κ2) is 11.9. The van der Waals surface area contributed by atoms with E-state index in [0.717, 1.165) is 18.4 Å². The Hall–Kier alpha value is -4.24. The lowest BCUT2D eigenvalue weighted by Gasteiger charge is -2.37. The number of ether oxygens (including phenoxy) is 1. The third-order valence-corrected chi connectivity index (χ3v) is 6.72. The fraction of sp³-hybridized carbons (Fsp3) is 0.464. The van der Waals surface area contributed by atoms with E-state index >= 15 is 0 Å². The first-order valence-electron chi connectivity index (χ1n) is 13.2. The van der Waals surface area contributed by atoms with E-state index in [9.17, 15) is 19.1 Å². The summed E-state index contributed by atoms with van der Waals surface area (Å²) in [5.74, 6) is -0.276. The number of alkyl halides is 1. The molecule has 0 aromatic carbocycles. The molecule has 1 saturated carbocycles. The summed E-state index contributed by atoms with van der Waals surface area (Å²) in [6.07, 6.45) is 2.12. The molecule has 0 unspecified atom stereocenters. The van der Waals surface area contributed by atoms with Crippen LogP contribution in [0.5, 0.6) is 0 Å². The zero-order chi connectivity index (χ0) is 29.0. The van der Waals surface area contributed by atoms with Gasteiger partial charge in [0.15, 0.2) is 0 Å². The van der Waals surface area contributed by atoms with E-state index in [-0.39, 0.29) is 30.2 Å². The second-order valence-electron chi connectivity index (χ2n) is 10.9. The van der Waals surface area contributed by atoms with Crippen LogP contribution in [0.3, 0.4) is 0 Å². The van der Waals surface area contributed by atoms with Crippen LogP contribution in [0.2, 0.25) is 0 Å². The maximum absolute atomic E-state index is 14.3. The largest absolute Gasteiger partial charge is 0.447 e. The molecule has 12 heteroatoms. The molecule has 40 heavy (non-hydrogen) atoms. The van der Waals surface area contributed by atoms with Crippen LogP contribution in [-0.4, -0.2) is 68.7 Å². The lowest BCUT2D eigenvalue weighted by molar-refractivity contribution is -0.00178. The molecule has 11 nitrogen and oxygen atoms in total. The van der Waals surface area contributed by atoms with Gasteiger partial charge in [0.25, 0.3) is 5.91 Å². The molecule has 1 aliphatic carbocycles. The van der Waals surface area contributed by atoms with Gasteiger partial charge in [-0.05, 0) is 70.7 Å². The minimum Gasteiger partial charge on any atom is -0.447 e. The average Bonchev–Trinajstić information content (AvgIpc) is 3.30. The van der Waals surface area contributed by atoms with Gasteiger partial charge in [0.1, 0.15) is 12.2 Å². The Morgan fingerprint density at radius 2 is 2.00 bits per heavy atom. The summed E-state index contributed by atoms with van der Waals surface area (Å²) >= 11 is 0. The minimum absolute atomic E-state index is 0.0420. The first-order chi connectivity index (χ1) is 18.9. The maximum Gasteiger partial charge on any atom is 0.407 e. The zero-order valence-electron chi connectivity index (χ0n) is 22.9. The number of aromatic nitrogens is 3. The summed E-state index contributed by atoms with van der Waals surface area (Å²) in [4.78, 5) is 29.3. The fourth-order valence-electron chi connectivity index (χ4n) is 4.40. The lowest BCUT2D eigenvalue weighted by Crippen LogP contribution is -2.43. The molecule has 3 aromatic rings. The number of pyridine rings is 1. The van der Waals surface area contributed by atoms with Crippen LogP contribution in [-0.2, 0) is 4.74 Å². The average molecular weight is 552 g/mol. The highest BCUT2D eigenvalue weighted by Crippen LogP contribution is 2.32. The van der Waals surface area contributed by atoms with Gasteiger partial charge < -0.3 is 25.8 Å². The Labute approximate surface area is 231 Å². The van der Waals surface area contributed by atoms with Gasteiger partial charge in [0.05, 0.1) is 58.2 Å². The van der Waals surface area contributed by atoms with Crippen LogP contribution in [0.4, 0.5) is 14.9 Å². The number of nitrogens with one attached hydrogen (secondary N) is 3. The van der Waals surface area contributed by atoms with Gasteiger partial charge in [0, 0.05) is 18.8 Å². The van der Waals surface area contributed by atoms with Crippen molar-refractivity contribution in [1.29, 1.82) is 5.26 Å². The molecule has 4 N–H and O–H groups in total. The topological polar surface area (TPSA) is 154 Å². The summed E-state index contributed by atoms with van der Waals surface area (Å²) in [7, 11) is 0. The zero-order valence-corrected chi connectivity index (χ0v) is 22.9. The molecular formula is C28H34FN7O4. The summed E-state index contributed by atoms with van der Waals surface area (Å²) in [6, 6.07) is 9.22. The first-order valence-corrected chi connectivity index (χ1v) is 13.2. The summed E-state index contributed by atoms with van der Waals surface area (Å²) in [5, 5.41) is 32.1. The lowest BCUT2D eigenvalue weighted by atomic mass is 9.80. The Morgan fingerprint density at radius 1 is 1.25 bits per heavy atom. The van der Waals surface area contributed by atoms with Gasteiger partial charge in [-0.2, -0.15) is 10.4 Å². The third kappa shape index (κ3) is 6.84. The summed E-state index contributed by atoms with van der Waals surface area (Å²) in [5.41, 5.74) is 1.52. The van der Waals surface area contributed by atoms with Gasteiger partial charge in [0.2, 0.25) is 0 Å². The predicted molar refractivity (Wildman–Crippen MR) is 146 cm³/mol. The number of nitriles is 1. The normalized spacial score (nSPS) is 17.6. The van der Waals surface area contributed by atoms with E-state index in [2.05, 4.69) is 32.1 Å². The van der Waals surface area contributed by atoms with Crippen LogP contribution in [0.1, 0.15) is 56.5 Å². The second-order valence-corrected chi connectivity index (χ2v) is 10.9. The van der Waals surface area contributed by atoms with E-state index in [4.69, 9.17) is 10.00 Å². The molecule has 212 valence electrons. The molecule has 0 saturated heterocycles. The van der Waals surface area contributed by atoms with Crippen LogP contribution < -0.4 is 16.0 Å². The van der Waals surface area contributed by atoms with Gasteiger partial charge in [-0.15, -0.1) is 0 Å². The number of rotatable bonds is 10. The number of nitrogens with zero attached hydrogens (tertiary/aromatic N) is 4. The molecule has 0 bridgehead atoms. The van der Waals surface area contributed by atoms with Crippen molar-refractivity contribution in [2.24, 2.45) is 5.92 Å². The number of aliphatic hydroxyl groups is 1. The minimum atomic E-state index is -1.65. The van der Waals surface area contributed by atoms with Gasteiger partial charge in [-0.3, -0.25) is 9.78 Å². The van der Waals surface area contributed by atoms with Crippen LogP contribution >= 0.6 is 0 Å². The third-order valence-electron chi connectivity index (χ3n) is 6.72. The highest BCUT2D eigenvalue weighted by atomic mass is 19.1. The number of carbonyl (C=O) groups is 2. The number of hydrogen-bond donors (Lipinski definition) is 4. The van der Waals surface area contributed by atoms with Crippen molar-refractivity contribution in [2.75, 3.05) is 18.4 Å². The van der Waals surface area contributed by atoms with E-state index < -0.39 is 23.8 Å². The smallest absolute Gasteiger partial charge is 0.407 e. The fourth-order valence-corrected chi connectivity index (χ4v) is 4.40. The highest BCUT2D eigenvalue weighted by Gasteiger charge is 2.31. The highest BCUT2D eigenvalue weighted by molar-refractivity contribution is 6.00. The molecule has 4 rings (SSSR count). The molecule has 1 atom stereocenters. The van der Waals surface area contributed by atoms with Crippen LogP contribution in [0, 0.1) is 17.2 Å². The Kier molecular flexibility index (Phi) is 8.54. The SMILES string of the molecule is CC(C)OC(=O)NC[C@H]1C[C@H](Nc2cc(-c3ccc4cc(C#N)cnn34)ncc2C(=O)NC[C@@H](F)C(C)(C)O)C1. The molecule has 1 fully saturated rings. The van der Waals surface area contributed by atoms with Crippen molar-refractivity contribution in [3.8, 4) is 17.5 Å². The van der Waals surface area contributed by atoms with E-state index in [1.165, 1.54) is 26.2 Å². The van der Waals surface area contributed by atoms with Crippen molar-refractivity contribution in [3.05, 3.63) is 47.8 Å². The quantitative estimate of drug-likeness (QED) is 0.299. The van der Waals surface area contributed by atoms with E-state index in [1.54, 1.807) is 30.5 Å². The summed E-state index contributed by atoms with van der Waals surface area (Å²) in [6.45, 7) is 6.38. The van der Waals surface area contributed by atoms with Crippen molar-refractivity contribution >= 4 is 23.2 Å². The Morgan fingerprint density at radius 3 is 2.67 bits per heavy atom. The Bertz CT molecular complexity index is 1420. The molecule has 0 spiro atoms. The Balaban J connectivity index is 1.52. The summed E-state index contributed by atoms with van der Waals surface area (Å²) < 4.78 is 21.1. The van der Waals surface area contributed by atoms with Crippen molar-refractivity contribution in [2.45, 2.75) is 64.5 Å². The molecule has 2 amide bonds. The molecule has 3 aromatic heterocycles. The molecule has 0 radical (unpaired) electrons. The number of amides is 2. The monoisotopic (exact) mass is 551 g/mol. The predicted octanol–water partition coefficient (Wildman–Crippen LogP) is 3.43. The molecule has 0 aliphatic heterocycles. The molecular weight excluding hydrogens is 517 g/mol.